The van der Waals surface area contributed by atoms with Crippen molar-refractivity contribution in [3.63, 3.8) is 0 Å². The Morgan fingerprint density at radius 1 is 1.22 bits per heavy atom. The van der Waals surface area contributed by atoms with E-state index in [0.29, 0.717) is 5.92 Å². The zero-order valence-corrected chi connectivity index (χ0v) is 12.5. The first-order valence-electron chi connectivity index (χ1n) is 7.94. The Morgan fingerprint density at radius 3 is 2.44 bits per heavy atom. The Hall–Kier alpha value is -0.0800. The summed E-state index contributed by atoms with van der Waals surface area (Å²) in [5.74, 6) is 2.13. The summed E-state index contributed by atoms with van der Waals surface area (Å²) in [6.07, 6.45) is 7.19. The summed E-state index contributed by atoms with van der Waals surface area (Å²) in [7, 11) is 0. The van der Waals surface area contributed by atoms with Crippen molar-refractivity contribution in [3.05, 3.63) is 0 Å². The summed E-state index contributed by atoms with van der Waals surface area (Å²) >= 11 is 0. The molecular weight excluding hydrogens is 222 g/mol. The number of hydrogen-bond donors (Lipinski definition) is 1. The van der Waals surface area contributed by atoms with Gasteiger partial charge in [0.25, 0.3) is 0 Å². The first-order valence-corrected chi connectivity index (χ1v) is 7.94. The molecule has 0 amide bonds. The molecule has 1 aliphatic carbocycles. The first kappa shape index (κ1) is 14.3. The minimum atomic E-state index is -0.345. The molecule has 0 aromatic heterocycles. The highest BCUT2D eigenvalue weighted by Gasteiger charge is 2.40. The Labute approximate surface area is 113 Å². The van der Waals surface area contributed by atoms with E-state index in [9.17, 15) is 5.11 Å². The molecule has 106 valence electrons. The van der Waals surface area contributed by atoms with Crippen molar-refractivity contribution in [2.75, 3.05) is 19.6 Å². The molecule has 0 bridgehead atoms. The molecule has 2 unspecified atom stereocenters. The van der Waals surface area contributed by atoms with Gasteiger partial charge < -0.3 is 10.0 Å². The lowest BCUT2D eigenvalue weighted by Gasteiger charge is -2.45. The topological polar surface area (TPSA) is 23.5 Å². The van der Waals surface area contributed by atoms with E-state index in [-0.39, 0.29) is 5.60 Å². The van der Waals surface area contributed by atoms with Crippen LogP contribution in [0.3, 0.4) is 0 Å². The van der Waals surface area contributed by atoms with Gasteiger partial charge in [-0.3, -0.25) is 0 Å². The predicted molar refractivity (Wildman–Crippen MR) is 76.6 cm³/mol. The fourth-order valence-electron chi connectivity index (χ4n) is 3.97. The minimum Gasteiger partial charge on any atom is -0.390 e. The maximum absolute atomic E-state index is 10.9. The second-order valence-electron chi connectivity index (χ2n) is 7.27. The third-order valence-corrected chi connectivity index (χ3v) is 5.04. The van der Waals surface area contributed by atoms with Crippen LogP contribution in [-0.2, 0) is 0 Å². The number of aliphatic hydroxyl groups is 1. The molecule has 0 aromatic carbocycles. The minimum absolute atomic E-state index is 0.345. The highest BCUT2D eigenvalue weighted by atomic mass is 16.3. The van der Waals surface area contributed by atoms with Crippen molar-refractivity contribution < 1.29 is 5.11 Å². The van der Waals surface area contributed by atoms with E-state index in [1.54, 1.807) is 0 Å². The zero-order chi connectivity index (χ0) is 13.2. The summed E-state index contributed by atoms with van der Waals surface area (Å²) < 4.78 is 0. The molecule has 2 fully saturated rings. The first-order chi connectivity index (χ1) is 8.49. The standard InChI is InChI=1S/C16H31NO/c1-13(2)12-17-9-7-16(18,8-10-17)15-6-4-5-14(3)11-15/h13-15,18H,4-12H2,1-3H3. The average molecular weight is 253 g/mol. The van der Waals surface area contributed by atoms with Crippen molar-refractivity contribution >= 4 is 0 Å². The van der Waals surface area contributed by atoms with Crippen LogP contribution in [0.4, 0.5) is 0 Å². The molecule has 1 heterocycles. The number of nitrogens with zero attached hydrogens (tertiary/aromatic N) is 1. The lowest BCUT2D eigenvalue weighted by atomic mass is 9.69. The molecule has 2 aliphatic rings. The van der Waals surface area contributed by atoms with Crippen LogP contribution in [0, 0.1) is 17.8 Å². The number of rotatable bonds is 3. The monoisotopic (exact) mass is 253 g/mol. The lowest BCUT2D eigenvalue weighted by Crippen LogP contribution is -2.50. The van der Waals surface area contributed by atoms with E-state index < -0.39 is 0 Å². The third kappa shape index (κ3) is 3.48. The van der Waals surface area contributed by atoms with E-state index in [1.807, 2.05) is 0 Å². The van der Waals surface area contributed by atoms with Crippen LogP contribution in [0.5, 0.6) is 0 Å². The Morgan fingerprint density at radius 2 is 1.89 bits per heavy atom. The van der Waals surface area contributed by atoms with Crippen LogP contribution < -0.4 is 0 Å². The normalized spacial score (nSPS) is 33.8. The van der Waals surface area contributed by atoms with E-state index in [0.717, 1.165) is 37.8 Å². The maximum atomic E-state index is 10.9. The summed E-state index contributed by atoms with van der Waals surface area (Å²) in [6, 6.07) is 0. The fraction of sp³-hybridized carbons (Fsp3) is 1.00. The number of hydrogen-bond acceptors (Lipinski definition) is 2. The molecule has 2 atom stereocenters. The quantitative estimate of drug-likeness (QED) is 0.834. The van der Waals surface area contributed by atoms with Gasteiger partial charge in [-0.1, -0.05) is 33.6 Å². The van der Waals surface area contributed by atoms with Crippen molar-refractivity contribution in [2.45, 2.75) is 64.9 Å². The molecule has 1 N–H and O–H groups in total. The third-order valence-electron chi connectivity index (χ3n) is 5.04. The molecule has 1 saturated heterocycles. The highest BCUT2D eigenvalue weighted by molar-refractivity contribution is 4.93. The largest absolute Gasteiger partial charge is 0.390 e. The van der Waals surface area contributed by atoms with Gasteiger partial charge in [0.05, 0.1) is 5.60 Å². The molecular formula is C16H31NO. The SMILES string of the molecule is CC(C)CN1CCC(O)(C2CCCC(C)C2)CC1. The molecule has 1 saturated carbocycles. The summed E-state index contributed by atoms with van der Waals surface area (Å²) in [4.78, 5) is 2.53. The second kappa shape index (κ2) is 5.92. The molecule has 2 rings (SSSR count). The van der Waals surface area contributed by atoms with Gasteiger partial charge in [-0.25, -0.2) is 0 Å². The van der Waals surface area contributed by atoms with Gasteiger partial charge in [0.2, 0.25) is 0 Å². The van der Waals surface area contributed by atoms with E-state index in [4.69, 9.17) is 0 Å². The highest BCUT2D eigenvalue weighted by Crippen LogP contribution is 2.40. The van der Waals surface area contributed by atoms with Gasteiger partial charge >= 0.3 is 0 Å². The maximum Gasteiger partial charge on any atom is 0.0700 e. The van der Waals surface area contributed by atoms with Crippen LogP contribution in [0.1, 0.15) is 59.3 Å². The van der Waals surface area contributed by atoms with Crippen LogP contribution in [0.2, 0.25) is 0 Å². The molecule has 0 aromatic rings. The summed E-state index contributed by atoms with van der Waals surface area (Å²) in [5, 5.41) is 10.9. The molecule has 2 heteroatoms. The van der Waals surface area contributed by atoms with Crippen molar-refractivity contribution in [2.24, 2.45) is 17.8 Å². The molecule has 18 heavy (non-hydrogen) atoms. The number of likely N-dealkylation sites (tertiary alicyclic amines) is 1. The Balaban J connectivity index is 1.86. The van der Waals surface area contributed by atoms with Crippen LogP contribution >= 0.6 is 0 Å². The van der Waals surface area contributed by atoms with Crippen LogP contribution in [-0.4, -0.2) is 35.2 Å². The van der Waals surface area contributed by atoms with Gasteiger partial charge in [0.1, 0.15) is 0 Å². The lowest BCUT2D eigenvalue weighted by molar-refractivity contribution is -0.0834. The van der Waals surface area contributed by atoms with E-state index >= 15 is 0 Å². The predicted octanol–water partition coefficient (Wildman–Crippen LogP) is 3.30. The van der Waals surface area contributed by atoms with Crippen molar-refractivity contribution in [1.82, 2.24) is 4.90 Å². The van der Waals surface area contributed by atoms with Gasteiger partial charge in [0, 0.05) is 19.6 Å². The van der Waals surface area contributed by atoms with Crippen LogP contribution in [0.25, 0.3) is 0 Å². The van der Waals surface area contributed by atoms with E-state index in [2.05, 4.69) is 25.7 Å². The smallest absolute Gasteiger partial charge is 0.0700 e. The second-order valence-corrected chi connectivity index (χ2v) is 7.27. The number of piperidine rings is 1. The van der Waals surface area contributed by atoms with Gasteiger partial charge in [-0.05, 0) is 43.4 Å². The molecule has 0 spiro atoms. The zero-order valence-electron chi connectivity index (χ0n) is 12.5. The average Bonchev–Trinajstić information content (AvgIpc) is 2.32. The van der Waals surface area contributed by atoms with Gasteiger partial charge in [-0.15, -0.1) is 0 Å². The summed E-state index contributed by atoms with van der Waals surface area (Å²) in [5.41, 5.74) is -0.345. The fourth-order valence-corrected chi connectivity index (χ4v) is 3.97. The molecule has 2 nitrogen and oxygen atoms in total. The van der Waals surface area contributed by atoms with Crippen LogP contribution in [0.15, 0.2) is 0 Å². The van der Waals surface area contributed by atoms with Gasteiger partial charge in [0.15, 0.2) is 0 Å². The Kier molecular flexibility index (Phi) is 4.71. The van der Waals surface area contributed by atoms with Crippen molar-refractivity contribution in [1.29, 1.82) is 0 Å². The molecule has 0 radical (unpaired) electrons. The van der Waals surface area contributed by atoms with Crippen molar-refractivity contribution in [3.8, 4) is 0 Å². The van der Waals surface area contributed by atoms with Gasteiger partial charge in [-0.2, -0.15) is 0 Å². The molecule has 1 aliphatic heterocycles. The Bertz CT molecular complexity index is 256. The summed E-state index contributed by atoms with van der Waals surface area (Å²) in [6.45, 7) is 10.3. The van der Waals surface area contributed by atoms with E-state index in [1.165, 1.54) is 32.2 Å².